The molecule has 2 aliphatic heterocycles. The summed E-state index contributed by atoms with van der Waals surface area (Å²) in [6.07, 6.45) is -0.458. The van der Waals surface area contributed by atoms with Gasteiger partial charge in [0.05, 0.1) is 12.6 Å². The lowest BCUT2D eigenvalue weighted by Gasteiger charge is -2.39. The first-order valence-corrected chi connectivity index (χ1v) is 9.02. The van der Waals surface area contributed by atoms with E-state index in [1.54, 1.807) is 25.7 Å². The number of benzene rings is 1. The molecule has 1 aromatic rings. The van der Waals surface area contributed by atoms with Gasteiger partial charge in [0, 0.05) is 18.1 Å². The zero-order valence-corrected chi connectivity index (χ0v) is 15.9. The lowest BCUT2D eigenvalue weighted by Crippen LogP contribution is -2.57. The van der Waals surface area contributed by atoms with Gasteiger partial charge in [-0.25, -0.2) is 4.79 Å². The van der Waals surface area contributed by atoms with Crippen LogP contribution in [0.1, 0.15) is 32.4 Å². The number of nitrogens with zero attached hydrogens (tertiary/aromatic N) is 4. The Morgan fingerprint density at radius 1 is 1.23 bits per heavy atom. The molecule has 26 heavy (non-hydrogen) atoms. The van der Waals surface area contributed by atoms with E-state index in [9.17, 15) is 9.59 Å². The fraction of sp³-hybridized carbons (Fsp3) is 0.556. The zero-order chi connectivity index (χ0) is 18.9. The van der Waals surface area contributed by atoms with Crippen LogP contribution in [-0.2, 0) is 9.53 Å². The lowest BCUT2D eigenvalue weighted by atomic mass is 9.99. The van der Waals surface area contributed by atoms with Crippen molar-refractivity contribution in [3.63, 3.8) is 0 Å². The van der Waals surface area contributed by atoms with E-state index in [4.69, 9.17) is 16.3 Å². The number of amides is 2. The van der Waals surface area contributed by atoms with Gasteiger partial charge >= 0.3 is 6.09 Å². The van der Waals surface area contributed by atoms with Crippen LogP contribution < -0.4 is 0 Å². The second-order valence-electron chi connectivity index (χ2n) is 7.49. The maximum atomic E-state index is 12.7. The summed E-state index contributed by atoms with van der Waals surface area (Å²) in [6, 6.07) is 7.10. The summed E-state index contributed by atoms with van der Waals surface area (Å²) >= 11 is 5.95. The molecule has 1 aromatic carbocycles. The Morgan fingerprint density at radius 2 is 1.92 bits per heavy atom. The fourth-order valence-electron chi connectivity index (χ4n) is 3.13. The maximum absolute atomic E-state index is 12.7. The molecule has 0 saturated carbocycles. The van der Waals surface area contributed by atoms with E-state index in [0.29, 0.717) is 24.7 Å². The van der Waals surface area contributed by atoms with Crippen LogP contribution in [0.25, 0.3) is 0 Å². The standard InChI is InChI=1S/C18H23ClN4O3/c1-18(2,3)26-17(25)22-8-9-23(15(24)11-22)14-10-20-21-16(14)12-4-6-13(19)7-5-12/h4-7,14,16H,8-11H2,1-3H3. The van der Waals surface area contributed by atoms with Crippen LogP contribution in [-0.4, -0.2) is 59.6 Å². The van der Waals surface area contributed by atoms with E-state index < -0.39 is 11.7 Å². The summed E-state index contributed by atoms with van der Waals surface area (Å²) in [6.45, 7) is 6.77. The molecule has 140 valence electrons. The average molecular weight is 379 g/mol. The average Bonchev–Trinajstić information content (AvgIpc) is 3.03. The first kappa shape index (κ1) is 18.6. The molecule has 2 amide bonds. The predicted molar refractivity (Wildman–Crippen MR) is 97.2 cm³/mol. The maximum Gasteiger partial charge on any atom is 0.410 e. The van der Waals surface area contributed by atoms with Crippen molar-refractivity contribution >= 4 is 23.6 Å². The number of rotatable bonds is 2. The minimum Gasteiger partial charge on any atom is -0.444 e. The van der Waals surface area contributed by atoms with E-state index in [1.165, 1.54) is 4.90 Å². The normalized spacial score (nSPS) is 23.5. The van der Waals surface area contributed by atoms with Crippen LogP contribution in [0.3, 0.4) is 0 Å². The Morgan fingerprint density at radius 3 is 2.54 bits per heavy atom. The van der Waals surface area contributed by atoms with Gasteiger partial charge in [-0.3, -0.25) is 9.69 Å². The van der Waals surface area contributed by atoms with Crippen molar-refractivity contribution in [2.75, 3.05) is 26.2 Å². The lowest BCUT2D eigenvalue weighted by molar-refractivity contribution is -0.138. The number of carbonyl (C=O) groups excluding carboxylic acids is 2. The number of hydrogen-bond acceptors (Lipinski definition) is 5. The molecule has 1 saturated heterocycles. The summed E-state index contributed by atoms with van der Waals surface area (Å²) in [5.74, 6) is -0.113. The van der Waals surface area contributed by atoms with Crippen molar-refractivity contribution in [3.05, 3.63) is 34.9 Å². The second-order valence-corrected chi connectivity index (χ2v) is 7.93. The molecule has 2 heterocycles. The molecule has 0 spiro atoms. The van der Waals surface area contributed by atoms with Crippen molar-refractivity contribution in [1.29, 1.82) is 0 Å². The van der Waals surface area contributed by atoms with Gasteiger partial charge in [-0.05, 0) is 38.5 Å². The minimum atomic E-state index is -0.583. The molecule has 0 radical (unpaired) electrons. The summed E-state index contributed by atoms with van der Waals surface area (Å²) in [4.78, 5) is 28.1. The van der Waals surface area contributed by atoms with Crippen molar-refractivity contribution in [2.24, 2.45) is 10.2 Å². The molecule has 8 heteroatoms. The molecular formula is C18H23ClN4O3. The molecule has 0 aliphatic carbocycles. The van der Waals surface area contributed by atoms with Crippen molar-refractivity contribution in [3.8, 4) is 0 Å². The molecule has 2 atom stereocenters. The van der Waals surface area contributed by atoms with Crippen LogP contribution >= 0.6 is 11.6 Å². The van der Waals surface area contributed by atoms with Crippen molar-refractivity contribution in [1.82, 2.24) is 9.80 Å². The smallest absolute Gasteiger partial charge is 0.410 e. The minimum absolute atomic E-state index is 0.0126. The molecule has 2 unspecified atom stereocenters. The van der Waals surface area contributed by atoms with Crippen LogP contribution in [0, 0.1) is 0 Å². The molecule has 7 nitrogen and oxygen atoms in total. The SMILES string of the molecule is CC(C)(C)OC(=O)N1CCN(C2CN=NC2c2ccc(Cl)cc2)C(=O)C1. The Hall–Kier alpha value is -2.15. The number of piperazine rings is 1. The van der Waals surface area contributed by atoms with E-state index in [0.717, 1.165) is 5.56 Å². The largest absolute Gasteiger partial charge is 0.444 e. The highest BCUT2D eigenvalue weighted by Crippen LogP contribution is 2.32. The van der Waals surface area contributed by atoms with Gasteiger partial charge in [0.25, 0.3) is 0 Å². The highest BCUT2D eigenvalue weighted by molar-refractivity contribution is 6.30. The fourth-order valence-corrected chi connectivity index (χ4v) is 3.26. The molecule has 0 N–H and O–H groups in total. The first-order valence-electron chi connectivity index (χ1n) is 8.64. The molecule has 1 fully saturated rings. The Kier molecular flexibility index (Phi) is 5.18. The van der Waals surface area contributed by atoms with Gasteiger partial charge in [-0.2, -0.15) is 10.2 Å². The van der Waals surface area contributed by atoms with Gasteiger partial charge in [0.15, 0.2) is 0 Å². The van der Waals surface area contributed by atoms with Crippen LogP contribution in [0.5, 0.6) is 0 Å². The van der Waals surface area contributed by atoms with Gasteiger partial charge in [0.1, 0.15) is 18.2 Å². The first-order chi connectivity index (χ1) is 12.2. The van der Waals surface area contributed by atoms with Gasteiger partial charge in [0.2, 0.25) is 5.91 Å². The molecule has 2 aliphatic rings. The third kappa shape index (κ3) is 4.15. The van der Waals surface area contributed by atoms with Crippen molar-refractivity contribution in [2.45, 2.75) is 38.5 Å². The van der Waals surface area contributed by atoms with E-state index >= 15 is 0 Å². The van der Waals surface area contributed by atoms with Gasteiger partial charge in [-0.1, -0.05) is 23.7 Å². The van der Waals surface area contributed by atoms with Crippen LogP contribution in [0.2, 0.25) is 5.02 Å². The molecule has 0 aromatic heterocycles. The summed E-state index contributed by atoms with van der Waals surface area (Å²) in [5.41, 5.74) is 0.392. The third-order valence-electron chi connectivity index (χ3n) is 4.36. The second kappa shape index (κ2) is 7.23. The zero-order valence-electron chi connectivity index (χ0n) is 15.2. The Balaban J connectivity index is 1.66. The van der Waals surface area contributed by atoms with Crippen LogP contribution in [0.15, 0.2) is 34.5 Å². The summed E-state index contributed by atoms with van der Waals surface area (Å²) in [5, 5.41) is 9.12. The molecular weight excluding hydrogens is 356 g/mol. The highest BCUT2D eigenvalue weighted by Gasteiger charge is 2.39. The molecule has 0 bridgehead atoms. The number of azo groups is 1. The van der Waals surface area contributed by atoms with Gasteiger partial charge < -0.3 is 9.64 Å². The number of hydrogen-bond donors (Lipinski definition) is 0. The quantitative estimate of drug-likeness (QED) is 0.792. The third-order valence-corrected chi connectivity index (χ3v) is 4.61. The topological polar surface area (TPSA) is 74.6 Å². The van der Waals surface area contributed by atoms with Crippen molar-refractivity contribution < 1.29 is 14.3 Å². The Labute approximate surface area is 158 Å². The summed E-state index contributed by atoms with van der Waals surface area (Å²) in [7, 11) is 0. The number of halogens is 1. The van der Waals surface area contributed by atoms with Gasteiger partial charge in [-0.15, -0.1) is 0 Å². The number of carbonyl (C=O) groups is 2. The summed E-state index contributed by atoms with van der Waals surface area (Å²) < 4.78 is 5.35. The van der Waals surface area contributed by atoms with E-state index in [-0.39, 0.29) is 24.5 Å². The van der Waals surface area contributed by atoms with Crippen LogP contribution in [0.4, 0.5) is 4.79 Å². The number of ether oxygens (including phenoxy) is 1. The highest BCUT2D eigenvalue weighted by atomic mass is 35.5. The molecule has 3 rings (SSSR count). The monoisotopic (exact) mass is 378 g/mol. The predicted octanol–water partition coefficient (Wildman–Crippen LogP) is 3.29. The Bertz CT molecular complexity index is 714. The van der Waals surface area contributed by atoms with E-state index in [2.05, 4.69) is 10.2 Å². The van der Waals surface area contributed by atoms with E-state index in [1.807, 2.05) is 24.3 Å².